The summed E-state index contributed by atoms with van der Waals surface area (Å²) in [6.07, 6.45) is 6.72. The summed E-state index contributed by atoms with van der Waals surface area (Å²) in [7, 11) is 0. The predicted molar refractivity (Wildman–Crippen MR) is 91.3 cm³/mol. The standard InChI is InChI=1S/C17H25BrClN/c1-3-12-5-7-13(8-6-12)17(20-4-2)15-10-9-14(18)11-16(15)19/h9-13,17,20H,3-8H2,1-2H3. The number of benzene rings is 1. The molecule has 0 aliphatic heterocycles. The normalized spacial score (nSPS) is 24.6. The van der Waals surface area contributed by atoms with Crippen molar-refractivity contribution in [3.8, 4) is 0 Å². The van der Waals surface area contributed by atoms with Crippen LogP contribution in [0.2, 0.25) is 5.02 Å². The molecule has 1 nitrogen and oxygen atoms in total. The fourth-order valence-corrected chi connectivity index (χ4v) is 4.22. The Kier molecular flexibility index (Phi) is 6.38. The van der Waals surface area contributed by atoms with Gasteiger partial charge in [0.05, 0.1) is 0 Å². The van der Waals surface area contributed by atoms with E-state index < -0.39 is 0 Å². The molecule has 0 heterocycles. The molecule has 0 amide bonds. The second-order valence-electron chi connectivity index (χ2n) is 5.89. The Labute approximate surface area is 136 Å². The third-order valence-electron chi connectivity index (χ3n) is 4.66. The fraction of sp³-hybridized carbons (Fsp3) is 0.647. The number of hydrogen-bond donors (Lipinski definition) is 1. The second kappa shape index (κ2) is 7.82. The quantitative estimate of drug-likeness (QED) is 0.683. The molecule has 1 atom stereocenters. The summed E-state index contributed by atoms with van der Waals surface area (Å²) in [5, 5.41) is 4.54. The summed E-state index contributed by atoms with van der Waals surface area (Å²) in [6, 6.07) is 6.69. The van der Waals surface area contributed by atoms with Crippen molar-refractivity contribution in [1.82, 2.24) is 5.32 Å². The molecular formula is C17H25BrClN. The van der Waals surface area contributed by atoms with Gasteiger partial charge in [-0.05, 0) is 48.9 Å². The van der Waals surface area contributed by atoms with Crippen LogP contribution in [0.25, 0.3) is 0 Å². The molecule has 3 heteroatoms. The summed E-state index contributed by atoms with van der Waals surface area (Å²) in [6.45, 7) is 5.49. The van der Waals surface area contributed by atoms with Crippen molar-refractivity contribution in [2.45, 2.75) is 52.0 Å². The molecule has 1 N–H and O–H groups in total. The molecular weight excluding hydrogens is 334 g/mol. The summed E-state index contributed by atoms with van der Waals surface area (Å²) >= 11 is 9.96. The van der Waals surface area contributed by atoms with Gasteiger partial charge in [-0.1, -0.05) is 66.7 Å². The summed E-state index contributed by atoms with van der Waals surface area (Å²) in [4.78, 5) is 0. The first-order valence-corrected chi connectivity index (χ1v) is 9.01. The third-order valence-corrected chi connectivity index (χ3v) is 5.48. The van der Waals surface area contributed by atoms with Gasteiger partial charge >= 0.3 is 0 Å². The van der Waals surface area contributed by atoms with E-state index in [-0.39, 0.29) is 0 Å². The van der Waals surface area contributed by atoms with Crippen LogP contribution in [0.15, 0.2) is 22.7 Å². The molecule has 1 saturated carbocycles. The number of hydrogen-bond acceptors (Lipinski definition) is 1. The zero-order chi connectivity index (χ0) is 14.5. The van der Waals surface area contributed by atoms with Crippen LogP contribution in [0.5, 0.6) is 0 Å². The molecule has 1 fully saturated rings. The Morgan fingerprint density at radius 2 is 1.95 bits per heavy atom. The summed E-state index contributed by atoms with van der Waals surface area (Å²) in [5.41, 5.74) is 1.26. The first-order chi connectivity index (χ1) is 9.65. The maximum Gasteiger partial charge on any atom is 0.0465 e. The van der Waals surface area contributed by atoms with Gasteiger partial charge < -0.3 is 5.32 Å². The average molecular weight is 359 g/mol. The van der Waals surface area contributed by atoms with Crippen LogP contribution in [0, 0.1) is 11.8 Å². The maximum atomic E-state index is 6.47. The van der Waals surface area contributed by atoms with Gasteiger partial charge in [0.25, 0.3) is 0 Å². The van der Waals surface area contributed by atoms with E-state index in [1.807, 2.05) is 6.07 Å². The number of nitrogens with one attached hydrogen (secondary N) is 1. The van der Waals surface area contributed by atoms with Gasteiger partial charge in [0, 0.05) is 15.5 Å². The van der Waals surface area contributed by atoms with Crippen LogP contribution in [-0.4, -0.2) is 6.54 Å². The molecule has 0 bridgehead atoms. The van der Waals surface area contributed by atoms with Crippen molar-refractivity contribution >= 4 is 27.5 Å². The van der Waals surface area contributed by atoms with Crippen LogP contribution in [0.1, 0.15) is 57.6 Å². The van der Waals surface area contributed by atoms with Crippen LogP contribution in [0.4, 0.5) is 0 Å². The minimum Gasteiger partial charge on any atom is -0.310 e. The lowest BCUT2D eigenvalue weighted by molar-refractivity contribution is 0.220. The Bertz CT molecular complexity index is 427. The van der Waals surface area contributed by atoms with E-state index in [2.05, 4.69) is 47.2 Å². The SMILES string of the molecule is CCNC(c1ccc(Br)cc1Cl)C1CCC(CC)CC1. The zero-order valence-corrected chi connectivity index (χ0v) is 14.8. The van der Waals surface area contributed by atoms with E-state index in [0.29, 0.717) is 6.04 Å². The molecule has 112 valence electrons. The van der Waals surface area contributed by atoms with E-state index in [1.54, 1.807) is 0 Å². The highest BCUT2D eigenvalue weighted by Crippen LogP contribution is 2.40. The lowest BCUT2D eigenvalue weighted by Gasteiger charge is -2.34. The largest absolute Gasteiger partial charge is 0.310 e. The average Bonchev–Trinajstić information content (AvgIpc) is 2.46. The van der Waals surface area contributed by atoms with Gasteiger partial charge in [0.1, 0.15) is 0 Å². The van der Waals surface area contributed by atoms with Gasteiger partial charge in [-0.15, -0.1) is 0 Å². The van der Waals surface area contributed by atoms with E-state index in [0.717, 1.165) is 27.9 Å². The predicted octanol–water partition coefficient (Wildman–Crippen LogP) is 5.97. The van der Waals surface area contributed by atoms with Crippen LogP contribution in [-0.2, 0) is 0 Å². The Morgan fingerprint density at radius 3 is 2.50 bits per heavy atom. The van der Waals surface area contributed by atoms with Crippen molar-refractivity contribution in [3.05, 3.63) is 33.3 Å². The van der Waals surface area contributed by atoms with E-state index >= 15 is 0 Å². The van der Waals surface area contributed by atoms with E-state index in [4.69, 9.17) is 11.6 Å². The van der Waals surface area contributed by atoms with Gasteiger partial charge in [0.15, 0.2) is 0 Å². The lowest BCUT2D eigenvalue weighted by atomic mass is 9.76. The zero-order valence-electron chi connectivity index (χ0n) is 12.5. The van der Waals surface area contributed by atoms with Gasteiger partial charge in [-0.3, -0.25) is 0 Å². The Balaban J connectivity index is 2.14. The molecule has 0 radical (unpaired) electrons. The summed E-state index contributed by atoms with van der Waals surface area (Å²) < 4.78 is 1.05. The Morgan fingerprint density at radius 1 is 1.25 bits per heavy atom. The minimum absolute atomic E-state index is 0.401. The van der Waals surface area contributed by atoms with Gasteiger partial charge in [-0.25, -0.2) is 0 Å². The van der Waals surface area contributed by atoms with Crippen molar-refractivity contribution in [2.75, 3.05) is 6.54 Å². The number of halogens is 2. The highest BCUT2D eigenvalue weighted by atomic mass is 79.9. The van der Waals surface area contributed by atoms with Crippen LogP contribution < -0.4 is 5.32 Å². The van der Waals surface area contributed by atoms with E-state index in [1.165, 1.54) is 37.7 Å². The molecule has 1 aromatic rings. The highest BCUT2D eigenvalue weighted by Gasteiger charge is 2.28. The van der Waals surface area contributed by atoms with Crippen molar-refractivity contribution in [2.24, 2.45) is 11.8 Å². The highest BCUT2D eigenvalue weighted by molar-refractivity contribution is 9.10. The fourth-order valence-electron chi connectivity index (χ4n) is 3.43. The summed E-state index contributed by atoms with van der Waals surface area (Å²) in [5.74, 6) is 1.66. The van der Waals surface area contributed by atoms with Crippen molar-refractivity contribution in [1.29, 1.82) is 0 Å². The minimum atomic E-state index is 0.401. The first-order valence-electron chi connectivity index (χ1n) is 7.84. The number of rotatable bonds is 5. The van der Waals surface area contributed by atoms with Crippen molar-refractivity contribution < 1.29 is 0 Å². The molecule has 1 unspecified atom stereocenters. The molecule has 1 aromatic carbocycles. The molecule has 1 aliphatic rings. The smallest absolute Gasteiger partial charge is 0.0465 e. The molecule has 0 saturated heterocycles. The van der Waals surface area contributed by atoms with E-state index in [9.17, 15) is 0 Å². The monoisotopic (exact) mass is 357 g/mol. The van der Waals surface area contributed by atoms with Crippen LogP contribution in [0.3, 0.4) is 0 Å². The third kappa shape index (κ3) is 3.99. The molecule has 0 aromatic heterocycles. The second-order valence-corrected chi connectivity index (χ2v) is 7.21. The van der Waals surface area contributed by atoms with Gasteiger partial charge in [-0.2, -0.15) is 0 Å². The molecule has 0 spiro atoms. The Hall–Kier alpha value is -0.0500. The molecule has 20 heavy (non-hydrogen) atoms. The topological polar surface area (TPSA) is 12.0 Å². The van der Waals surface area contributed by atoms with Crippen molar-refractivity contribution in [3.63, 3.8) is 0 Å². The first kappa shape index (κ1) is 16.3. The van der Waals surface area contributed by atoms with Crippen LogP contribution >= 0.6 is 27.5 Å². The van der Waals surface area contributed by atoms with Gasteiger partial charge in [0.2, 0.25) is 0 Å². The molecule has 1 aliphatic carbocycles. The maximum absolute atomic E-state index is 6.47. The molecule has 2 rings (SSSR count). The lowest BCUT2D eigenvalue weighted by Crippen LogP contribution is -2.31.